The van der Waals surface area contributed by atoms with Gasteiger partial charge in [-0.25, -0.2) is 0 Å². The van der Waals surface area contributed by atoms with Crippen molar-refractivity contribution in [1.82, 2.24) is 4.90 Å². The third-order valence-electron chi connectivity index (χ3n) is 2.92. The zero-order valence-electron chi connectivity index (χ0n) is 8.13. The van der Waals surface area contributed by atoms with E-state index in [0.29, 0.717) is 0 Å². The lowest BCUT2D eigenvalue weighted by molar-refractivity contribution is -0.138. The van der Waals surface area contributed by atoms with E-state index < -0.39 is 0 Å². The topological polar surface area (TPSA) is 46.3 Å². The number of nitrogens with two attached hydrogens (primary N) is 1. The number of carbonyl (C=O) groups excluding carboxylic acids is 1. The molecule has 1 fully saturated rings. The molecule has 70 valence electrons. The number of rotatable bonds is 1. The van der Waals surface area contributed by atoms with Crippen LogP contribution in [0.5, 0.6) is 0 Å². The second-order valence-electron chi connectivity index (χ2n) is 4.12. The molecule has 0 aromatic carbocycles. The number of hydrogen-bond acceptors (Lipinski definition) is 2. The van der Waals surface area contributed by atoms with Gasteiger partial charge in [0.2, 0.25) is 5.91 Å². The summed E-state index contributed by atoms with van der Waals surface area (Å²) in [6.07, 6.45) is 3.00. The third-order valence-corrected chi connectivity index (χ3v) is 2.92. The average Bonchev–Trinajstić information content (AvgIpc) is 2.32. The molecule has 3 nitrogen and oxygen atoms in total. The molecule has 1 aliphatic rings. The van der Waals surface area contributed by atoms with E-state index in [9.17, 15) is 4.79 Å². The highest BCUT2D eigenvalue weighted by atomic mass is 16.2. The molecule has 2 atom stereocenters. The summed E-state index contributed by atoms with van der Waals surface area (Å²) in [5.74, 6) is 0.174. The van der Waals surface area contributed by atoms with Gasteiger partial charge in [-0.1, -0.05) is 6.42 Å². The van der Waals surface area contributed by atoms with Crippen molar-refractivity contribution in [3.63, 3.8) is 0 Å². The molecule has 1 aliphatic carbocycles. The normalized spacial score (nSPS) is 35.2. The van der Waals surface area contributed by atoms with Crippen molar-refractivity contribution >= 4 is 5.91 Å². The van der Waals surface area contributed by atoms with Crippen LogP contribution in [0.2, 0.25) is 0 Å². The van der Waals surface area contributed by atoms with Crippen molar-refractivity contribution in [1.29, 1.82) is 0 Å². The lowest BCUT2D eigenvalue weighted by Crippen LogP contribution is -2.46. The fourth-order valence-corrected chi connectivity index (χ4v) is 1.97. The minimum atomic E-state index is -0.302. The molecule has 2 N–H and O–H groups in total. The Hall–Kier alpha value is -0.570. The molecular formula is C9H18N2O. The molecule has 1 rings (SSSR count). The van der Waals surface area contributed by atoms with E-state index in [4.69, 9.17) is 5.73 Å². The van der Waals surface area contributed by atoms with Crippen LogP contribution in [0.15, 0.2) is 0 Å². The summed E-state index contributed by atoms with van der Waals surface area (Å²) < 4.78 is 0. The Bertz CT molecular complexity index is 191. The Morgan fingerprint density at radius 1 is 1.58 bits per heavy atom. The zero-order chi connectivity index (χ0) is 9.35. The molecule has 0 saturated heterocycles. The number of carbonyl (C=O) groups is 1. The second kappa shape index (κ2) is 3.05. The van der Waals surface area contributed by atoms with Gasteiger partial charge in [0, 0.05) is 20.1 Å². The first-order valence-corrected chi connectivity index (χ1v) is 4.46. The predicted octanol–water partition coefficient (Wildman–Crippen LogP) is 0.592. The maximum Gasteiger partial charge on any atom is 0.229 e. The Kier molecular flexibility index (Phi) is 2.42. The summed E-state index contributed by atoms with van der Waals surface area (Å²) in [5, 5.41) is 0. The van der Waals surface area contributed by atoms with Crippen LogP contribution in [0.3, 0.4) is 0 Å². The smallest absolute Gasteiger partial charge is 0.229 e. The van der Waals surface area contributed by atoms with Crippen LogP contribution < -0.4 is 5.73 Å². The van der Waals surface area contributed by atoms with Gasteiger partial charge in [0.25, 0.3) is 0 Å². The summed E-state index contributed by atoms with van der Waals surface area (Å²) in [7, 11) is 3.58. The Balaban J connectivity index is 2.77. The molecule has 3 heteroatoms. The fourth-order valence-electron chi connectivity index (χ4n) is 1.97. The number of hydrogen-bond donors (Lipinski definition) is 1. The van der Waals surface area contributed by atoms with Gasteiger partial charge in [0.15, 0.2) is 0 Å². The van der Waals surface area contributed by atoms with Crippen molar-refractivity contribution in [2.75, 3.05) is 14.1 Å². The van der Waals surface area contributed by atoms with Crippen LogP contribution in [0.4, 0.5) is 0 Å². The standard InChI is InChI=1S/C9H18N2O/c1-9(8(12)11(2)3)6-4-5-7(9)10/h7H,4-6,10H2,1-3H3. The first-order valence-electron chi connectivity index (χ1n) is 4.46. The molecule has 0 bridgehead atoms. The molecule has 0 aliphatic heterocycles. The molecule has 0 aromatic heterocycles. The molecule has 1 amide bonds. The minimum absolute atomic E-state index is 0.0485. The van der Waals surface area contributed by atoms with Crippen LogP contribution in [0.1, 0.15) is 26.2 Å². The summed E-state index contributed by atoms with van der Waals surface area (Å²) in [5.41, 5.74) is 5.60. The SMILES string of the molecule is CN(C)C(=O)C1(C)CCCC1N. The van der Waals surface area contributed by atoms with Gasteiger partial charge < -0.3 is 10.6 Å². The van der Waals surface area contributed by atoms with Crippen molar-refractivity contribution < 1.29 is 4.79 Å². The van der Waals surface area contributed by atoms with Crippen LogP contribution in [-0.2, 0) is 4.79 Å². The average molecular weight is 170 g/mol. The highest BCUT2D eigenvalue weighted by Crippen LogP contribution is 2.37. The Morgan fingerprint density at radius 2 is 2.17 bits per heavy atom. The molecule has 1 saturated carbocycles. The van der Waals surface area contributed by atoms with E-state index in [1.807, 2.05) is 6.92 Å². The first kappa shape index (κ1) is 9.52. The van der Waals surface area contributed by atoms with E-state index in [1.54, 1.807) is 19.0 Å². The minimum Gasteiger partial charge on any atom is -0.348 e. The van der Waals surface area contributed by atoms with E-state index >= 15 is 0 Å². The summed E-state index contributed by atoms with van der Waals surface area (Å²) in [6, 6.07) is 0.0485. The second-order valence-corrected chi connectivity index (χ2v) is 4.12. The summed E-state index contributed by atoms with van der Waals surface area (Å²) in [4.78, 5) is 13.4. The molecule has 2 unspecified atom stereocenters. The fraction of sp³-hybridized carbons (Fsp3) is 0.889. The van der Waals surface area contributed by atoms with Crippen molar-refractivity contribution in [3.8, 4) is 0 Å². The van der Waals surface area contributed by atoms with E-state index in [1.165, 1.54) is 0 Å². The van der Waals surface area contributed by atoms with E-state index in [0.717, 1.165) is 19.3 Å². The third kappa shape index (κ3) is 1.33. The van der Waals surface area contributed by atoms with E-state index in [-0.39, 0.29) is 17.4 Å². The first-order chi connectivity index (χ1) is 5.48. The molecule has 0 spiro atoms. The van der Waals surface area contributed by atoms with Gasteiger partial charge in [0.05, 0.1) is 5.41 Å². The molecule has 0 heterocycles. The lowest BCUT2D eigenvalue weighted by Gasteiger charge is -2.30. The summed E-state index contributed by atoms with van der Waals surface area (Å²) >= 11 is 0. The molecule has 0 aromatic rings. The Labute approximate surface area is 73.9 Å². The zero-order valence-corrected chi connectivity index (χ0v) is 8.13. The van der Waals surface area contributed by atoms with Crippen LogP contribution in [0, 0.1) is 5.41 Å². The monoisotopic (exact) mass is 170 g/mol. The van der Waals surface area contributed by atoms with Crippen LogP contribution >= 0.6 is 0 Å². The number of amides is 1. The highest BCUT2D eigenvalue weighted by Gasteiger charge is 2.43. The molecule has 12 heavy (non-hydrogen) atoms. The van der Waals surface area contributed by atoms with Crippen molar-refractivity contribution in [2.45, 2.75) is 32.2 Å². The predicted molar refractivity (Wildman–Crippen MR) is 48.6 cm³/mol. The van der Waals surface area contributed by atoms with E-state index in [2.05, 4.69) is 0 Å². The highest BCUT2D eigenvalue weighted by molar-refractivity contribution is 5.83. The molecular weight excluding hydrogens is 152 g/mol. The maximum absolute atomic E-state index is 11.7. The quantitative estimate of drug-likeness (QED) is 0.626. The van der Waals surface area contributed by atoms with Gasteiger partial charge in [-0.2, -0.15) is 0 Å². The molecule has 0 radical (unpaired) electrons. The van der Waals surface area contributed by atoms with Crippen molar-refractivity contribution in [3.05, 3.63) is 0 Å². The number of nitrogens with zero attached hydrogens (tertiary/aromatic N) is 1. The summed E-state index contributed by atoms with van der Waals surface area (Å²) in [6.45, 7) is 1.98. The lowest BCUT2D eigenvalue weighted by atomic mass is 9.84. The maximum atomic E-state index is 11.7. The van der Waals surface area contributed by atoms with Gasteiger partial charge in [0.1, 0.15) is 0 Å². The van der Waals surface area contributed by atoms with Gasteiger partial charge in [-0.3, -0.25) is 4.79 Å². The van der Waals surface area contributed by atoms with Gasteiger partial charge >= 0.3 is 0 Å². The van der Waals surface area contributed by atoms with Crippen LogP contribution in [-0.4, -0.2) is 30.9 Å². The van der Waals surface area contributed by atoms with Gasteiger partial charge in [-0.05, 0) is 19.8 Å². The Morgan fingerprint density at radius 3 is 2.50 bits per heavy atom. The van der Waals surface area contributed by atoms with Crippen molar-refractivity contribution in [2.24, 2.45) is 11.1 Å². The van der Waals surface area contributed by atoms with Gasteiger partial charge in [-0.15, -0.1) is 0 Å². The largest absolute Gasteiger partial charge is 0.348 e. The van der Waals surface area contributed by atoms with Crippen LogP contribution in [0.25, 0.3) is 0 Å².